The van der Waals surface area contributed by atoms with Crippen LogP contribution in [0.3, 0.4) is 0 Å². The fourth-order valence-corrected chi connectivity index (χ4v) is 3.85. The van der Waals surface area contributed by atoms with E-state index < -0.39 is 5.54 Å². The van der Waals surface area contributed by atoms with E-state index >= 15 is 0 Å². The highest BCUT2D eigenvalue weighted by atomic mass is 16.5. The number of esters is 1. The lowest BCUT2D eigenvalue weighted by Gasteiger charge is -2.43. The highest BCUT2D eigenvalue weighted by Gasteiger charge is 2.55. The van der Waals surface area contributed by atoms with E-state index in [0.29, 0.717) is 18.0 Å². The predicted molar refractivity (Wildman–Crippen MR) is 83.1 cm³/mol. The summed E-state index contributed by atoms with van der Waals surface area (Å²) in [6, 6.07) is 1.10. The first kappa shape index (κ1) is 15.3. The largest absolute Gasteiger partial charge is 0.468 e. The van der Waals surface area contributed by atoms with Gasteiger partial charge in [0.1, 0.15) is 5.54 Å². The van der Waals surface area contributed by atoms with Gasteiger partial charge >= 0.3 is 5.97 Å². The smallest absolute Gasteiger partial charge is 0.327 e. The normalized spacial score (nSPS) is 33.5. The number of hydrogen-bond donors (Lipinski definition) is 1. The number of likely N-dealkylation sites (tertiary alicyclic amines) is 1. The molecular formula is C17H30N2O2. The van der Waals surface area contributed by atoms with Gasteiger partial charge in [0.05, 0.1) is 7.11 Å². The van der Waals surface area contributed by atoms with E-state index in [0.717, 1.165) is 31.8 Å². The SMILES string of the molecule is COC(=O)C(CN1CC(C)CCC1C)(NC1CC1)C1CC1. The van der Waals surface area contributed by atoms with Gasteiger partial charge < -0.3 is 4.74 Å². The third kappa shape index (κ3) is 3.26. The summed E-state index contributed by atoms with van der Waals surface area (Å²) < 4.78 is 5.22. The van der Waals surface area contributed by atoms with Gasteiger partial charge in [0.25, 0.3) is 0 Å². The topological polar surface area (TPSA) is 41.6 Å². The van der Waals surface area contributed by atoms with Crippen LogP contribution in [0, 0.1) is 11.8 Å². The van der Waals surface area contributed by atoms with E-state index in [1.54, 1.807) is 0 Å². The van der Waals surface area contributed by atoms with Gasteiger partial charge in [-0.05, 0) is 57.3 Å². The zero-order valence-electron chi connectivity index (χ0n) is 13.7. The van der Waals surface area contributed by atoms with Crippen molar-refractivity contribution in [1.29, 1.82) is 0 Å². The summed E-state index contributed by atoms with van der Waals surface area (Å²) in [5.41, 5.74) is -0.457. The number of carbonyl (C=O) groups is 1. The molecule has 0 aromatic rings. The van der Waals surface area contributed by atoms with Crippen LogP contribution in [0.4, 0.5) is 0 Å². The van der Waals surface area contributed by atoms with Gasteiger partial charge in [-0.3, -0.25) is 10.2 Å². The summed E-state index contributed by atoms with van der Waals surface area (Å²) in [6.07, 6.45) is 7.28. The van der Waals surface area contributed by atoms with Crippen LogP contribution in [-0.2, 0) is 9.53 Å². The van der Waals surface area contributed by atoms with Crippen molar-refractivity contribution < 1.29 is 9.53 Å². The Morgan fingerprint density at radius 1 is 1.19 bits per heavy atom. The van der Waals surface area contributed by atoms with Gasteiger partial charge in [-0.15, -0.1) is 0 Å². The lowest BCUT2D eigenvalue weighted by molar-refractivity contribution is -0.151. The van der Waals surface area contributed by atoms with Crippen LogP contribution in [0.15, 0.2) is 0 Å². The van der Waals surface area contributed by atoms with Crippen molar-refractivity contribution in [3.8, 4) is 0 Å². The molecule has 21 heavy (non-hydrogen) atoms. The van der Waals surface area contributed by atoms with Crippen LogP contribution < -0.4 is 5.32 Å². The molecule has 3 atom stereocenters. The Hall–Kier alpha value is -0.610. The van der Waals surface area contributed by atoms with Crippen molar-refractivity contribution >= 4 is 5.97 Å². The number of hydrogen-bond acceptors (Lipinski definition) is 4. The lowest BCUT2D eigenvalue weighted by atomic mass is 9.88. The van der Waals surface area contributed by atoms with Crippen molar-refractivity contribution in [2.45, 2.75) is 70.0 Å². The highest BCUT2D eigenvalue weighted by Crippen LogP contribution is 2.43. The van der Waals surface area contributed by atoms with Gasteiger partial charge in [0.15, 0.2) is 0 Å². The molecule has 0 bridgehead atoms. The maximum atomic E-state index is 12.6. The summed E-state index contributed by atoms with van der Waals surface area (Å²) in [5.74, 6) is 1.16. The number of nitrogens with one attached hydrogen (secondary N) is 1. The van der Waals surface area contributed by atoms with E-state index in [2.05, 4.69) is 24.1 Å². The summed E-state index contributed by atoms with van der Waals surface area (Å²) in [6.45, 7) is 6.56. The first-order chi connectivity index (χ1) is 10.0. The first-order valence-electron chi connectivity index (χ1n) is 8.65. The lowest BCUT2D eigenvalue weighted by Crippen LogP contribution is -2.63. The molecular weight excluding hydrogens is 264 g/mol. The molecule has 2 aliphatic carbocycles. The molecule has 1 aliphatic heterocycles. The number of ether oxygens (including phenoxy) is 1. The Morgan fingerprint density at radius 2 is 1.90 bits per heavy atom. The van der Waals surface area contributed by atoms with Crippen LogP contribution in [-0.4, -0.2) is 48.7 Å². The number of rotatable bonds is 6. The maximum absolute atomic E-state index is 12.6. The molecule has 1 N–H and O–H groups in total. The minimum atomic E-state index is -0.457. The van der Waals surface area contributed by atoms with Crippen LogP contribution >= 0.6 is 0 Å². The van der Waals surface area contributed by atoms with Gasteiger partial charge in [0, 0.05) is 25.2 Å². The molecule has 1 heterocycles. The Balaban J connectivity index is 1.78. The van der Waals surface area contributed by atoms with Crippen LogP contribution in [0.5, 0.6) is 0 Å². The van der Waals surface area contributed by atoms with E-state index in [1.807, 2.05) is 0 Å². The predicted octanol–water partition coefficient (Wildman–Crippen LogP) is 2.18. The zero-order chi connectivity index (χ0) is 15.0. The minimum Gasteiger partial charge on any atom is -0.468 e. The van der Waals surface area contributed by atoms with Crippen molar-refractivity contribution in [2.75, 3.05) is 20.2 Å². The number of piperidine rings is 1. The quantitative estimate of drug-likeness (QED) is 0.763. The van der Waals surface area contributed by atoms with Gasteiger partial charge in [-0.1, -0.05) is 6.92 Å². The van der Waals surface area contributed by atoms with Crippen molar-refractivity contribution in [2.24, 2.45) is 11.8 Å². The molecule has 3 rings (SSSR count). The summed E-state index contributed by atoms with van der Waals surface area (Å²) >= 11 is 0. The average Bonchev–Trinajstić information content (AvgIpc) is 3.33. The fraction of sp³-hybridized carbons (Fsp3) is 0.941. The number of carbonyl (C=O) groups excluding carboxylic acids is 1. The molecule has 120 valence electrons. The van der Waals surface area contributed by atoms with Gasteiger partial charge in [-0.2, -0.15) is 0 Å². The fourth-order valence-electron chi connectivity index (χ4n) is 3.85. The van der Waals surface area contributed by atoms with Gasteiger partial charge in [0.2, 0.25) is 0 Å². The second kappa shape index (κ2) is 5.88. The second-order valence-corrected chi connectivity index (χ2v) is 7.62. The van der Waals surface area contributed by atoms with Crippen molar-refractivity contribution in [3.05, 3.63) is 0 Å². The molecule has 3 fully saturated rings. The molecule has 4 nitrogen and oxygen atoms in total. The number of nitrogens with zero attached hydrogens (tertiary/aromatic N) is 1. The molecule has 3 unspecified atom stereocenters. The molecule has 4 heteroatoms. The molecule has 0 spiro atoms. The van der Waals surface area contributed by atoms with E-state index in [1.165, 1.54) is 32.8 Å². The zero-order valence-corrected chi connectivity index (χ0v) is 13.7. The third-order valence-electron chi connectivity index (χ3n) is 5.56. The Labute approximate surface area is 128 Å². The monoisotopic (exact) mass is 294 g/mol. The minimum absolute atomic E-state index is 0.0395. The molecule has 0 radical (unpaired) electrons. The highest BCUT2D eigenvalue weighted by molar-refractivity contribution is 5.82. The van der Waals surface area contributed by atoms with Gasteiger partial charge in [-0.25, -0.2) is 4.79 Å². The Bertz CT molecular complexity index is 392. The maximum Gasteiger partial charge on any atom is 0.327 e. The van der Waals surface area contributed by atoms with Crippen LogP contribution in [0.25, 0.3) is 0 Å². The van der Waals surface area contributed by atoms with E-state index in [-0.39, 0.29) is 5.97 Å². The van der Waals surface area contributed by atoms with Crippen LogP contribution in [0.1, 0.15) is 52.4 Å². The Kier molecular flexibility index (Phi) is 4.28. The molecule has 0 aromatic heterocycles. The molecule has 0 amide bonds. The van der Waals surface area contributed by atoms with Crippen molar-refractivity contribution in [1.82, 2.24) is 10.2 Å². The summed E-state index contributed by atoms with van der Waals surface area (Å²) in [7, 11) is 1.54. The van der Waals surface area contributed by atoms with E-state index in [4.69, 9.17) is 4.74 Å². The molecule has 1 saturated heterocycles. The molecule has 3 aliphatic rings. The summed E-state index contributed by atoms with van der Waals surface area (Å²) in [4.78, 5) is 15.2. The third-order valence-corrected chi connectivity index (χ3v) is 5.56. The standard InChI is InChI=1S/C17H30N2O2/c1-12-4-5-13(2)19(10-12)11-17(14-6-7-14,16(20)21-3)18-15-8-9-15/h12-15,18H,4-11H2,1-3H3. The second-order valence-electron chi connectivity index (χ2n) is 7.62. The van der Waals surface area contributed by atoms with Crippen LogP contribution in [0.2, 0.25) is 0 Å². The number of methoxy groups -OCH3 is 1. The Morgan fingerprint density at radius 3 is 2.48 bits per heavy atom. The molecule has 0 aromatic carbocycles. The van der Waals surface area contributed by atoms with E-state index in [9.17, 15) is 4.79 Å². The first-order valence-corrected chi connectivity index (χ1v) is 8.65. The summed E-state index contributed by atoms with van der Waals surface area (Å²) in [5, 5.41) is 3.68. The van der Waals surface area contributed by atoms with Crippen molar-refractivity contribution in [3.63, 3.8) is 0 Å². The average molecular weight is 294 g/mol. The molecule has 2 saturated carbocycles.